The third-order valence-corrected chi connectivity index (χ3v) is 4.13. The number of rotatable bonds is 8. The molecule has 2 N–H and O–H groups in total. The van der Waals surface area contributed by atoms with Crippen LogP contribution in [0.3, 0.4) is 0 Å². The number of benzene rings is 1. The van der Waals surface area contributed by atoms with Crippen LogP contribution in [0.1, 0.15) is 39.2 Å². The first kappa shape index (κ1) is 17.0. The highest BCUT2D eigenvalue weighted by Gasteiger charge is 2.36. The summed E-state index contributed by atoms with van der Waals surface area (Å²) in [5.41, 5.74) is 0.574. The number of hydrogen-bond acceptors (Lipinski definition) is 2. The molecule has 1 rings (SSSR count). The van der Waals surface area contributed by atoms with Crippen molar-refractivity contribution in [3.63, 3.8) is 0 Å². The van der Waals surface area contributed by atoms with E-state index in [0.29, 0.717) is 11.6 Å². The van der Waals surface area contributed by atoms with E-state index in [4.69, 9.17) is 11.6 Å². The fourth-order valence-corrected chi connectivity index (χ4v) is 2.62. The molecule has 0 saturated heterocycles. The molecule has 0 aliphatic heterocycles. The Morgan fingerprint density at radius 1 is 1.10 bits per heavy atom. The maximum Gasteiger partial charge on any atom is 0.230 e. The molecule has 0 heterocycles. The molecular formula is C16H25ClN2O. The van der Waals surface area contributed by atoms with Crippen LogP contribution in [0.25, 0.3) is 0 Å². The number of likely N-dealkylation sites (N-methyl/N-ethyl adjacent to an activating group) is 1. The van der Waals surface area contributed by atoms with E-state index in [1.807, 2.05) is 24.3 Å². The van der Waals surface area contributed by atoms with Crippen molar-refractivity contribution in [3.8, 4) is 0 Å². The molecule has 3 nitrogen and oxygen atoms in total. The van der Waals surface area contributed by atoms with Crippen molar-refractivity contribution in [1.29, 1.82) is 0 Å². The van der Waals surface area contributed by atoms with E-state index in [-0.39, 0.29) is 5.91 Å². The van der Waals surface area contributed by atoms with Crippen LogP contribution in [-0.4, -0.2) is 25.5 Å². The highest BCUT2D eigenvalue weighted by Crippen LogP contribution is 2.32. The lowest BCUT2D eigenvalue weighted by Crippen LogP contribution is -2.45. The third kappa shape index (κ3) is 3.97. The number of amides is 1. The van der Waals surface area contributed by atoms with Gasteiger partial charge in [0.15, 0.2) is 0 Å². The van der Waals surface area contributed by atoms with Gasteiger partial charge in [-0.15, -0.1) is 0 Å². The van der Waals surface area contributed by atoms with E-state index in [9.17, 15) is 4.79 Å². The fraction of sp³-hybridized carbons (Fsp3) is 0.562. The van der Waals surface area contributed by atoms with Crippen molar-refractivity contribution < 1.29 is 4.79 Å². The van der Waals surface area contributed by atoms with E-state index in [2.05, 4.69) is 31.4 Å². The van der Waals surface area contributed by atoms with Gasteiger partial charge in [0.2, 0.25) is 5.91 Å². The molecule has 0 aromatic heterocycles. The van der Waals surface area contributed by atoms with Crippen molar-refractivity contribution in [3.05, 3.63) is 34.9 Å². The molecular weight excluding hydrogens is 272 g/mol. The molecule has 0 aliphatic rings. The monoisotopic (exact) mass is 296 g/mol. The fourth-order valence-electron chi connectivity index (χ4n) is 2.49. The van der Waals surface area contributed by atoms with E-state index >= 15 is 0 Å². The normalized spacial score (nSPS) is 11.4. The van der Waals surface area contributed by atoms with E-state index < -0.39 is 5.41 Å². The second-order valence-electron chi connectivity index (χ2n) is 4.91. The summed E-state index contributed by atoms with van der Waals surface area (Å²) in [5.74, 6) is 0.0997. The zero-order valence-electron chi connectivity index (χ0n) is 12.6. The van der Waals surface area contributed by atoms with Gasteiger partial charge in [-0.1, -0.05) is 44.5 Å². The predicted molar refractivity (Wildman–Crippen MR) is 85.3 cm³/mol. The summed E-state index contributed by atoms with van der Waals surface area (Å²) in [4.78, 5) is 12.6. The molecule has 1 amide bonds. The molecule has 1 aromatic rings. The Morgan fingerprint density at radius 2 is 1.70 bits per heavy atom. The predicted octanol–water partition coefficient (Wildman–Crippen LogP) is 3.12. The van der Waals surface area contributed by atoms with E-state index in [1.54, 1.807) is 0 Å². The number of carbonyl (C=O) groups is 1. The van der Waals surface area contributed by atoms with E-state index in [0.717, 1.165) is 31.5 Å². The van der Waals surface area contributed by atoms with Gasteiger partial charge in [-0.2, -0.15) is 0 Å². The van der Waals surface area contributed by atoms with Crippen LogP contribution in [-0.2, 0) is 10.2 Å². The molecule has 4 heteroatoms. The van der Waals surface area contributed by atoms with Crippen molar-refractivity contribution in [2.45, 2.75) is 39.0 Å². The highest BCUT2D eigenvalue weighted by molar-refractivity contribution is 6.30. The Kier molecular flexibility index (Phi) is 7.03. The minimum Gasteiger partial charge on any atom is -0.354 e. The summed E-state index contributed by atoms with van der Waals surface area (Å²) in [6.45, 7) is 8.54. The molecule has 0 atom stereocenters. The van der Waals surface area contributed by atoms with Gasteiger partial charge < -0.3 is 10.6 Å². The zero-order chi connectivity index (χ0) is 15.0. The molecule has 0 spiro atoms. The molecule has 0 saturated carbocycles. The van der Waals surface area contributed by atoms with Crippen LogP contribution in [0.4, 0.5) is 0 Å². The zero-order valence-corrected chi connectivity index (χ0v) is 13.4. The lowest BCUT2D eigenvalue weighted by Gasteiger charge is -2.31. The maximum absolute atomic E-state index is 12.6. The first-order chi connectivity index (χ1) is 9.60. The topological polar surface area (TPSA) is 41.1 Å². The molecule has 20 heavy (non-hydrogen) atoms. The van der Waals surface area contributed by atoms with Crippen LogP contribution in [0.15, 0.2) is 24.3 Å². The molecule has 0 aliphatic carbocycles. The summed E-state index contributed by atoms with van der Waals surface area (Å²) in [5, 5.41) is 6.94. The molecule has 112 valence electrons. The Balaban J connectivity index is 2.85. The first-order valence-electron chi connectivity index (χ1n) is 7.35. The number of halogens is 1. The van der Waals surface area contributed by atoms with Gasteiger partial charge in [0, 0.05) is 18.1 Å². The van der Waals surface area contributed by atoms with Crippen molar-refractivity contribution >= 4 is 17.5 Å². The maximum atomic E-state index is 12.6. The Labute approximate surface area is 127 Å². The lowest BCUT2D eigenvalue weighted by atomic mass is 9.75. The summed E-state index contributed by atoms with van der Waals surface area (Å²) >= 11 is 5.94. The number of nitrogens with one attached hydrogen (secondary N) is 2. The quantitative estimate of drug-likeness (QED) is 0.724. The second kappa shape index (κ2) is 8.28. The number of hydrogen-bond donors (Lipinski definition) is 2. The standard InChI is InChI=1S/C16H25ClN2O/c1-4-16(5-2,13-7-9-14(17)10-8-13)15(20)19-12-11-18-6-3/h7-10,18H,4-6,11-12H2,1-3H3,(H,19,20). The van der Waals surface area contributed by atoms with Crippen molar-refractivity contribution in [2.24, 2.45) is 0 Å². The summed E-state index contributed by atoms with van der Waals surface area (Å²) in [6.07, 6.45) is 1.55. The highest BCUT2D eigenvalue weighted by atomic mass is 35.5. The van der Waals surface area contributed by atoms with Crippen molar-refractivity contribution in [1.82, 2.24) is 10.6 Å². The van der Waals surface area contributed by atoms with Crippen LogP contribution < -0.4 is 10.6 Å². The van der Waals surface area contributed by atoms with Crippen LogP contribution in [0.2, 0.25) is 5.02 Å². The lowest BCUT2D eigenvalue weighted by molar-refractivity contribution is -0.127. The SMILES string of the molecule is CCNCCNC(=O)C(CC)(CC)c1ccc(Cl)cc1. The second-order valence-corrected chi connectivity index (χ2v) is 5.34. The minimum atomic E-state index is -0.462. The average molecular weight is 297 g/mol. The molecule has 0 bridgehead atoms. The third-order valence-electron chi connectivity index (χ3n) is 3.88. The Morgan fingerprint density at radius 3 is 2.20 bits per heavy atom. The largest absolute Gasteiger partial charge is 0.354 e. The molecule has 0 fully saturated rings. The molecule has 1 aromatic carbocycles. The van der Waals surface area contributed by atoms with Gasteiger partial charge in [0.25, 0.3) is 0 Å². The smallest absolute Gasteiger partial charge is 0.230 e. The number of carbonyl (C=O) groups excluding carboxylic acids is 1. The van der Waals surface area contributed by atoms with Gasteiger partial charge in [0.1, 0.15) is 0 Å². The van der Waals surface area contributed by atoms with Crippen LogP contribution in [0, 0.1) is 0 Å². The van der Waals surface area contributed by atoms with Crippen LogP contribution >= 0.6 is 11.6 Å². The van der Waals surface area contributed by atoms with E-state index in [1.165, 1.54) is 0 Å². The van der Waals surface area contributed by atoms with Gasteiger partial charge in [-0.3, -0.25) is 4.79 Å². The van der Waals surface area contributed by atoms with Gasteiger partial charge in [-0.25, -0.2) is 0 Å². The summed E-state index contributed by atoms with van der Waals surface area (Å²) < 4.78 is 0. The Hall–Kier alpha value is -1.06. The Bertz CT molecular complexity index is 413. The minimum absolute atomic E-state index is 0.0997. The van der Waals surface area contributed by atoms with Gasteiger partial charge in [0.05, 0.1) is 5.41 Å². The summed E-state index contributed by atoms with van der Waals surface area (Å²) in [7, 11) is 0. The molecule has 0 unspecified atom stereocenters. The van der Waals surface area contributed by atoms with Crippen LogP contribution in [0.5, 0.6) is 0 Å². The van der Waals surface area contributed by atoms with Gasteiger partial charge in [-0.05, 0) is 37.1 Å². The van der Waals surface area contributed by atoms with Crippen molar-refractivity contribution in [2.75, 3.05) is 19.6 Å². The first-order valence-corrected chi connectivity index (χ1v) is 7.73. The van der Waals surface area contributed by atoms with Gasteiger partial charge >= 0.3 is 0 Å². The average Bonchev–Trinajstić information content (AvgIpc) is 2.47. The summed E-state index contributed by atoms with van der Waals surface area (Å²) in [6, 6.07) is 7.62. The molecule has 0 radical (unpaired) electrons.